The Kier molecular flexibility index (Phi) is 5.32. The molecular formula is C22H30N4. The van der Waals surface area contributed by atoms with Gasteiger partial charge in [-0.15, -0.1) is 0 Å². The second-order valence-corrected chi connectivity index (χ2v) is 7.90. The van der Waals surface area contributed by atoms with E-state index in [0.29, 0.717) is 12.1 Å². The van der Waals surface area contributed by atoms with E-state index in [2.05, 4.69) is 60.0 Å². The molecule has 0 radical (unpaired) electrons. The Morgan fingerprint density at radius 3 is 1.65 bits per heavy atom. The fourth-order valence-corrected chi connectivity index (χ4v) is 4.76. The third kappa shape index (κ3) is 3.97. The van der Waals surface area contributed by atoms with Crippen LogP contribution in [0, 0.1) is 13.8 Å². The minimum absolute atomic E-state index is 0.657. The van der Waals surface area contributed by atoms with Crippen LogP contribution in [0.25, 0.3) is 0 Å². The van der Waals surface area contributed by atoms with Crippen molar-refractivity contribution in [3.63, 3.8) is 0 Å². The van der Waals surface area contributed by atoms with Crippen molar-refractivity contribution in [2.45, 2.75) is 64.7 Å². The van der Waals surface area contributed by atoms with E-state index in [4.69, 9.17) is 9.97 Å². The maximum absolute atomic E-state index is 4.73. The standard InChI is InChI=1S/C22H30N4/c1-17-7-3-9-19(23-17)15-25-13-5-11-21(25)22-12-6-14-26(22)16-20-10-4-8-18(2)24-20/h3-4,7-10,21-22H,5-6,11-16H2,1-2H3/t21-,22-/m0/s1. The lowest BCUT2D eigenvalue weighted by Gasteiger charge is -2.35. The van der Waals surface area contributed by atoms with E-state index in [1.54, 1.807) is 0 Å². The molecular weight excluding hydrogens is 320 g/mol. The number of nitrogens with zero attached hydrogens (tertiary/aromatic N) is 4. The van der Waals surface area contributed by atoms with Gasteiger partial charge in [-0.3, -0.25) is 19.8 Å². The highest BCUT2D eigenvalue weighted by Gasteiger charge is 2.37. The van der Waals surface area contributed by atoms with Crippen LogP contribution in [0.15, 0.2) is 36.4 Å². The minimum atomic E-state index is 0.657. The van der Waals surface area contributed by atoms with Crippen molar-refractivity contribution in [1.29, 1.82) is 0 Å². The third-order valence-corrected chi connectivity index (χ3v) is 5.89. The van der Waals surface area contributed by atoms with Crippen molar-refractivity contribution in [1.82, 2.24) is 19.8 Å². The normalized spacial score (nSPS) is 24.4. The van der Waals surface area contributed by atoms with Gasteiger partial charge in [0.2, 0.25) is 0 Å². The molecule has 2 atom stereocenters. The minimum Gasteiger partial charge on any atom is -0.293 e. The van der Waals surface area contributed by atoms with E-state index in [9.17, 15) is 0 Å². The Balaban J connectivity index is 1.45. The van der Waals surface area contributed by atoms with Gasteiger partial charge in [0.05, 0.1) is 11.4 Å². The average molecular weight is 351 g/mol. The van der Waals surface area contributed by atoms with Crippen LogP contribution in [0.3, 0.4) is 0 Å². The summed E-state index contributed by atoms with van der Waals surface area (Å²) in [6, 6.07) is 14.1. The largest absolute Gasteiger partial charge is 0.293 e. The summed E-state index contributed by atoms with van der Waals surface area (Å²) in [6.45, 7) is 8.54. The molecule has 2 aliphatic heterocycles. The van der Waals surface area contributed by atoms with E-state index < -0.39 is 0 Å². The molecule has 0 unspecified atom stereocenters. The van der Waals surface area contributed by atoms with Gasteiger partial charge < -0.3 is 0 Å². The molecule has 0 saturated carbocycles. The molecule has 2 aromatic heterocycles. The lowest BCUT2D eigenvalue weighted by molar-refractivity contribution is 0.122. The molecule has 26 heavy (non-hydrogen) atoms. The summed E-state index contributed by atoms with van der Waals surface area (Å²) >= 11 is 0. The summed E-state index contributed by atoms with van der Waals surface area (Å²) in [6.07, 6.45) is 5.25. The van der Waals surface area contributed by atoms with Crippen LogP contribution in [0.1, 0.15) is 48.5 Å². The lowest BCUT2D eigenvalue weighted by atomic mass is 10.0. The fraction of sp³-hybridized carbons (Fsp3) is 0.545. The number of hydrogen-bond donors (Lipinski definition) is 0. The molecule has 2 aromatic rings. The number of likely N-dealkylation sites (tertiary alicyclic amines) is 2. The first-order chi connectivity index (χ1) is 12.7. The fourth-order valence-electron chi connectivity index (χ4n) is 4.76. The first-order valence-electron chi connectivity index (χ1n) is 10.0. The molecule has 4 heterocycles. The Hall–Kier alpha value is -1.78. The highest BCUT2D eigenvalue weighted by atomic mass is 15.3. The highest BCUT2D eigenvalue weighted by molar-refractivity contribution is 5.12. The SMILES string of the molecule is Cc1cccc(CN2CCC[C@H]2[C@@H]2CCCN2Cc2cccc(C)n2)n1. The van der Waals surface area contributed by atoms with Gasteiger partial charge >= 0.3 is 0 Å². The number of rotatable bonds is 5. The van der Waals surface area contributed by atoms with Crippen LogP contribution in [-0.4, -0.2) is 44.9 Å². The zero-order valence-electron chi connectivity index (χ0n) is 16.1. The van der Waals surface area contributed by atoms with E-state index >= 15 is 0 Å². The molecule has 4 rings (SSSR count). The first-order valence-corrected chi connectivity index (χ1v) is 10.0. The summed E-state index contributed by atoms with van der Waals surface area (Å²) in [7, 11) is 0. The molecule has 2 saturated heterocycles. The van der Waals surface area contributed by atoms with Crippen LogP contribution in [-0.2, 0) is 13.1 Å². The van der Waals surface area contributed by atoms with Crippen LogP contribution < -0.4 is 0 Å². The second-order valence-electron chi connectivity index (χ2n) is 7.90. The predicted octanol–water partition coefficient (Wildman–Crippen LogP) is 3.72. The molecule has 0 aromatic carbocycles. The van der Waals surface area contributed by atoms with E-state index in [1.807, 2.05) is 0 Å². The van der Waals surface area contributed by atoms with Gasteiger partial charge in [-0.25, -0.2) is 0 Å². The summed E-state index contributed by atoms with van der Waals surface area (Å²) in [5, 5.41) is 0. The quantitative estimate of drug-likeness (QED) is 0.823. The Morgan fingerprint density at radius 1 is 0.769 bits per heavy atom. The van der Waals surface area contributed by atoms with Crippen molar-refractivity contribution < 1.29 is 0 Å². The lowest BCUT2D eigenvalue weighted by Crippen LogP contribution is -2.45. The third-order valence-electron chi connectivity index (χ3n) is 5.89. The van der Waals surface area contributed by atoms with Crippen LogP contribution in [0.4, 0.5) is 0 Å². The Morgan fingerprint density at radius 2 is 1.23 bits per heavy atom. The van der Waals surface area contributed by atoms with E-state index in [-0.39, 0.29) is 0 Å². The summed E-state index contributed by atoms with van der Waals surface area (Å²) in [5.41, 5.74) is 4.65. The van der Waals surface area contributed by atoms with Gasteiger partial charge in [-0.2, -0.15) is 0 Å². The molecule has 4 nitrogen and oxygen atoms in total. The Bertz CT molecular complexity index is 681. The summed E-state index contributed by atoms with van der Waals surface area (Å²) < 4.78 is 0. The van der Waals surface area contributed by atoms with Crippen molar-refractivity contribution >= 4 is 0 Å². The van der Waals surface area contributed by atoms with Gasteiger partial charge in [0.25, 0.3) is 0 Å². The number of aromatic nitrogens is 2. The molecule has 0 amide bonds. The van der Waals surface area contributed by atoms with E-state index in [1.165, 1.54) is 50.2 Å². The molecule has 2 fully saturated rings. The molecule has 138 valence electrons. The van der Waals surface area contributed by atoms with Crippen molar-refractivity contribution in [2.75, 3.05) is 13.1 Å². The summed E-state index contributed by atoms with van der Waals surface area (Å²) in [4.78, 5) is 14.8. The zero-order valence-corrected chi connectivity index (χ0v) is 16.1. The number of aryl methyl sites for hydroxylation is 2. The van der Waals surface area contributed by atoms with Gasteiger partial charge in [0.15, 0.2) is 0 Å². The molecule has 2 aliphatic rings. The smallest absolute Gasteiger partial charge is 0.0547 e. The predicted molar refractivity (Wildman–Crippen MR) is 105 cm³/mol. The molecule has 0 bridgehead atoms. The zero-order chi connectivity index (χ0) is 17.9. The molecule has 0 N–H and O–H groups in total. The highest BCUT2D eigenvalue weighted by Crippen LogP contribution is 2.31. The van der Waals surface area contributed by atoms with Gasteiger partial charge in [-0.05, 0) is 76.9 Å². The van der Waals surface area contributed by atoms with Gasteiger partial charge in [0, 0.05) is 36.6 Å². The monoisotopic (exact) mass is 350 g/mol. The summed E-state index contributed by atoms with van der Waals surface area (Å²) in [5.74, 6) is 0. The maximum Gasteiger partial charge on any atom is 0.0547 e. The Labute approximate surface area is 157 Å². The van der Waals surface area contributed by atoms with Gasteiger partial charge in [0.1, 0.15) is 0 Å². The van der Waals surface area contributed by atoms with Crippen LogP contribution >= 0.6 is 0 Å². The topological polar surface area (TPSA) is 32.3 Å². The molecule has 0 aliphatic carbocycles. The van der Waals surface area contributed by atoms with Crippen LogP contribution in [0.5, 0.6) is 0 Å². The number of pyridine rings is 2. The van der Waals surface area contributed by atoms with Crippen molar-refractivity contribution in [3.8, 4) is 0 Å². The first kappa shape index (κ1) is 17.6. The van der Waals surface area contributed by atoms with Gasteiger partial charge in [-0.1, -0.05) is 12.1 Å². The average Bonchev–Trinajstić information content (AvgIpc) is 3.24. The van der Waals surface area contributed by atoms with E-state index in [0.717, 1.165) is 24.5 Å². The number of hydrogen-bond acceptors (Lipinski definition) is 4. The maximum atomic E-state index is 4.73. The second kappa shape index (κ2) is 7.85. The molecule has 0 spiro atoms. The molecule has 4 heteroatoms. The van der Waals surface area contributed by atoms with Crippen molar-refractivity contribution in [3.05, 3.63) is 59.2 Å². The van der Waals surface area contributed by atoms with Crippen LogP contribution in [0.2, 0.25) is 0 Å². The van der Waals surface area contributed by atoms with Crippen molar-refractivity contribution in [2.24, 2.45) is 0 Å².